The van der Waals surface area contributed by atoms with Crippen LogP contribution in [0.15, 0.2) is 30.3 Å². The molecule has 0 saturated carbocycles. The second kappa shape index (κ2) is 5.61. The average Bonchev–Trinajstić information content (AvgIpc) is 2.25. The molecule has 1 N–H and O–H groups in total. The predicted octanol–water partition coefficient (Wildman–Crippen LogP) is 1.65. The SMILES string of the molecule is Cc1ccc(/C(=C/C#N)NCC=O)cc1. The summed E-state index contributed by atoms with van der Waals surface area (Å²) < 4.78 is 0. The second-order valence-electron chi connectivity index (χ2n) is 3.10. The molecule has 0 aliphatic carbocycles. The van der Waals surface area contributed by atoms with E-state index in [0.717, 1.165) is 17.4 Å². The van der Waals surface area contributed by atoms with Gasteiger partial charge in [-0.05, 0) is 12.5 Å². The van der Waals surface area contributed by atoms with Gasteiger partial charge in [-0.1, -0.05) is 29.8 Å². The van der Waals surface area contributed by atoms with Gasteiger partial charge in [0.2, 0.25) is 0 Å². The lowest BCUT2D eigenvalue weighted by Gasteiger charge is -2.07. The van der Waals surface area contributed by atoms with Crippen LogP contribution in [0, 0.1) is 18.3 Å². The summed E-state index contributed by atoms with van der Waals surface area (Å²) in [6.45, 7) is 2.21. The van der Waals surface area contributed by atoms with Crippen molar-refractivity contribution in [2.75, 3.05) is 6.54 Å². The molecule has 0 heterocycles. The van der Waals surface area contributed by atoms with E-state index in [0.29, 0.717) is 5.70 Å². The Labute approximate surface area is 89.0 Å². The monoisotopic (exact) mass is 200 g/mol. The highest BCUT2D eigenvalue weighted by atomic mass is 16.1. The minimum absolute atomic E-state index is 0.210. The standard InChI is InChI=1S/C12H12N2O/c1-10-2-4-11(5-3-10)12(6-7-13)14-8-9-15/h2-6,9,14H,8H2,1H3/b12-6-. The maximum absolute atomic E-state index is 10.2. The van der Waals surface area contributed by atoms with Gasteiger partial charge in [-0.15, -0.1) is 0 Å². The Kier molecular flexibility index (Phi) is 4.11. The molecule has 0 saturated heterocycles. The summed E-state index contributed by atoms with van der Waals surface area (Å²) in [7, 11) is 0. The topological polar surface area (TPSA) is 52.9 Å². The first-order chi connectivity index (χ1) is 7.27. The number of nitrogens with zero attached hydrogens (tertiary/aromatic N) is 1. The van der Waals surface area contributed by atoms with Crippen molar-refractivity contribution in [3.8, 4) is 6.07 Å². The third-order valence-corrected chi connectivity index (χ3v) is 1.95. The van der Waals surface area contributed by atoms with Gasteiger partial charge in [-0.2, -0.15) is 5.26 Å². The van der Waals surface area contributed by atoms with Gasteiger partial charge in [0.1, 0.15) is 6.29 Å². The van der Waals surface area contributed by atoms with E-state index in [9.17, 15) is 4.79 Å². The number of aldehydes is 1. The highest BCUT2D eigenvalue weighted by Gasteiger charge is 1.99. The average molecular weight is 200 g/mol. The van der Waals surface area contributed by atoms with E-state index in [1.54, 1.807) is 0 Å². The Morgan fingerprint density at radius 1 is 1.47 bits per heavy atom. The van der Waals surface area contributed by atoms with Crippen molar-refractivity contribution in [3.05, 3.63) is 41.5 Å². The summed E-state index contributed by atoms with van der Waals surface area (Å²) >= 11 is 0. The lowest BCUT2D eigenvalue weighted by molar-refractivity contribution is -0.107. The molecule has 0 bridgehead atoms. The van der Waals surface area contributed by atoms with Gasteiger partial charge in [-0.3, -0.25) is 0 Å². The molecule has 1 rings (SSSR count). The summed E-state index contributed by atoms with van der Waals surface area (Å²) in [6.07, 6.45) is 2.16. The van der Waals surface area contributed by atoms with Gasteiger partial charge in [0.15, 0.2) is 0 Å². The van der Waals surface area contributed by atoms with E-state index in [-0.39, 0.29) is 6.54 Å². The van der Waals surface area contributed by atoms with Crippen LogP contribution in [0.3, 0.4) is 0 Å². The number of allylic oxidation sites excluding steroid dienone is 1. The minimum Gasteiger partial charge on any atom is -0.377 e. The molecule has 0 aliphatic rings. The number of nitriles is 1. The summed E-state index contributed by atoms with van der Waals surface area (Å²) in [5.74, 6) is 0. The summed E-state index contributed by atoms with van der Waals surface area (Å²) in [5.41, 5.74) is 2.74. The third kappa shape index (κ3) is 3.28. The normalized spacial score (nSPS) is 10.5. The molecule has 0 aromatic heterocycles. The molecule has 1 aromatic rings. The van der Waals surface area contributed by atoms with Gasteiger partial charge >= 0.3 is 0 Å². The molecular formula is C12H12N2O. The number of carbonyl (C=O) groups excluding carboxylic acids is 1. The fourth-order valence-corrected chi connectivity index (χ4v) is 1.19. The molecule has 0 amide bonds. The Balaban J connectivity index is 2.90. The van der Waals surface area contributed by atoms with E-state index >= 15 is 0 Å². The van der Waals surface area contributed by atoms with E-state index in [1.165, 1.54) is 6.08 Å². The lowest BCUT2D eigenvalue weighted by Crippen LogP contribution is -2.14. The Hall–Kier alpha value is -2.08. The van der Waals surface area contributed by atoms with Gasteiger partial charge in [0.25, 0.3) is 0 Å². The van der Waals surface area contributed by atoms with Crippen LogP contribution in [0.2, 0.25) is 0 Å². The largest absolute Gasteiger partial charge is 0.377 e. The molecule has 3 nitrogen and oxygen atoms in total. The van der Waals surface area contributed by atoms with Crippen LogP contribution in [0.1, 0.15) is 11.1 Å². The van der Waals surface area contributed by atoms with Gasteiger partial charge in [-0.25, -0.2) is 0 Å². The first-order valence-corrected chi connectivity index (χ1v) is 4.62. The maximum atomic E-state index is 10.2. The number of aryl methyl sites for hydroxylation is 1. The highest BCUT2D eigenvalue weighted by Crippen LogP contribution is 2.11. The van der Waals surface area contributed by atoms with Gasteiger partial charge < -0.3 is 10.1 Å². The Bertz CT molecular complexity index is 399. The predicted molar refractivity (Wildman–Crippen MR) is 58.8 cm³/mol. The smallest absolute Gasteiger partial charge is 0.139 e. The van der Waals surface area contributed by atoms with Crippen LogP contribution in [0.4, 0.5) is 0 Å². The Morgan fingerprint density at radius 2 is 2.13 bits per heavy atom. The van der Waals surface area contributed by atoms with Crippen LogP contribution in [0.5, 0.6) is 0 Å². The van der Waals surface area contributed by atoms with Crippen molar-refractivity contribution >= 4 is 12.0 Å². The second-order valence-corrected chi connectivity index (χ2v) is 3.10. The number of hydrogen-bond acceptors (Lipinski definition) is 3. The summed E-state index contributed by atoms with van der Waals surface area (Å²) in [4.78, 5) is 10.2. The summed E-state index contributed by atoms with van der Waals surface area (Å²) in [5, 5.41) is 11.5. The maximum Gasteiger partial charge on any atom is 0.139 e. The van der Waals surface area contributed by atoms with E-state index < -0.39 is 0 Å². The van der Waals surface area contributed by atoms with Crippen LogP contribution in [-0.2, 0) is 4.79 Å². The van der Waals surface area contributed by atoms with Crippen molar-refractivity contribution in [1.29, 1.82) is 5.26 Å². The zero-order chi connectivity index (χ0) is 11.1. The number of carbonyl (C=O) groups is 1. The van der Waals surface area contributed by atoms with Crippen molar-refractivity contribution in [2.45, 2.75) is 6.92 Å². The summed E-state index contributed by atoms with van der Waals surface area (Å²) in [6, 6.07) is 9.70. The van der Waals surface area contributed by atoms with Crippen LogP contribution in [0.25, 0.3) is 5.70 Å². The molecule has 0 spiro atoms. The van der Waals surface area contributed by atoms with Gasteiger partial charge in [0.05, 0.1) is 18.3 Å². The minimum atomic E-state index is 0.210. The highest BCUT2D eigenvalue weighted by molar-refractivity contribution is 5.68. The van der Waals surface area contributed by atoms with Crippen molar-refractivity contribution < 1.29 is 4.79 Å². The number of rotatable bonds is 4. The molecule has 3 heteroatoms. The van der Waals surface area contributed by atoms with Crippen LogP contribution < -0.4 is 5.32 Å². The lowest BCUT2D eigenvalue weighted by atomic mass is 10.1. The number of hydrogen-bond donors (Lipinski definition) is 1. The van der Waals surface area contributed by atoms with Crippen molar-refractivity contribution in [1.82, 2.24) is 5.32 Å². The third-order valence-electron chi connectivity index (χ3n) is 1.95. The van der Waals surface area contributed by atoms with Crippen LogP contribution in [-0.4, -0.2) is 12.8 Å². The van der Waals surface area contributed by atoms with E-state index in [1.807, 2.05) is 37.3 Å². The molecule has 0 aliphatic heterocycles. The molecule has 1 aromatic carbocycles. The first-order valence-electron chi connectivity index (χ1n) is 4.62. The molecule has 0 unspecified atom stereocenters. The molecule has 76 valence electrons. The number of nitrogens with one attached hydrogen (secondary N) is 1. The Morgan fingerprint density at radius 3 is 2.67 bits per heavy atom. The van der Waals surface area contributed by atoms with Crippen LogP contribution >= 0.6 is 0 Å². The molecule has 15 heavy (non-hydrogen) atoms. The fourth-order valence-electron chi connectivity index (χ4n) is 1.19. The fraction of sp³-hybridized carbons (Fsp3) is 0.167. The zero-order valence-electron chi connectivity index (χ0n) is 8.53. The van der Waals surface area contributed by atoms with Crippen molar-refractivity contribution in [2.24, 2.45) is 0 Å². The molecular weight excluding hydrogens is 188 g/mol. The molecule has 0 fully saturated rings. The van der Waals surface area contributed by atoms with E-state index in [4.69, 9.17) is 5.26 Å². The molecule has 0 radical (unpaired) electrons. The zero-order valence-corrected chi connectivity index (χ0v) is 8.53. The quantitative estimate of drug-likeness (QED) is 0.594. The number of benzene rings is 1. The molecule has 0 atom stereocenters. The van der Waals surface area contributed by atoms with E-state index in [2.05, 4.69) is 5.32 Å². The van der Waals surface area contributed by atoms with Gasteiger partial charge in [0, 0.05) is 6.08 Å². The first kappa shape index (κ1) is 11.0. The van der Waals surface area contributed by atoms with Crippen molar-refractivity contribution in [3.63, 3.8) is 0 Å².